The van der Waals surface area contributed by atoms with E-state index in [0.29, 0.717) is 12.8 Å². The van der Waals surface area contributed by atoms with E-state index >= 15 is 0 Å². The Morgan fingerprint density at radius 3 is 1.24 bits per heavy atom. The molecule has 0 unspecified atom stereocenters. The number of carbonyl (C=O) groups excluding carboxylic acids is 2. The van der Waals surface area contributed by atoms with Crippen LogP contribution in [-0.2, 0) is 26.7 Å². The van der Waals surface area contributed by atoms with E-state index in [2.05, 4.69) is 10.3 Å². The summed E-state index contributed by atoms with van der Waals surface area (Å²) in [6.45, 7) is 6.86. The Morgan fingerprint density at radius 1 is 0.810 bits per heavy atom. The van der Waals surface area contributed by atoms with Crippen molar-refractivity contribution in [2.75, 3.05) is 0 Å². The topological polar surface area (TPSA) is 99.3 Å². The summed E-state index contributed by atoms with van der Waals surface area (Å²) < 4.78 is 0. The molecule has 0 rings (SSSR count). The van der Waals surface area contributed by atoms with Crippen molar-refractivity contribution in [1.82, 2.24) is 0 Å². The zero-order chi connectivity index (χ0) is 16.0. The summed E-state index contributed by atoms with van der Waals surface area (Å²) >= 11 is 0. The van der Waals surface area contributed by atoms with E-state index in [1.165, 1.54) is 13.8 Å². The molecular formula is C14H26CuN2O4. The van der Waals surface area contributed by atoms with Crippen molar-refractivity contribution in [2.45, 2.75) is 66.2 Å². The third-order valence-corrected chi connectivity index (χ3v) is 2.59. The molecule has 0 saturated heterocycles. The van der Waals surface area contributed by atoms with E-state index in [1.807, 2.05) is 13.8 Å². The molecule has 0 aromatic heterocycles. The number of oxime groups is 2. The summed E-state index contributed by atoms with van der Waals surface area (Å²) in [5.41, 5.74) is 0.559. The monoisotopic (exact) mass is 349 g/mol. The van der Waals surface area contributed by atoms with Gasteiger partial charge in [0.1, 0.15) is 11.4 Å². The summed E-state index contributed by atoms with van der Waals surface area (Å²) in [6, 6.07) is 0. The zero-order valence-electron chi connectivity index (χ0n) is 13.1. The van der Waals surface area contributed by atoms with E-state index < -0.39 is 0 Å². The van der Waals surface area contributed by atoms with Crippen LogP contribution in [0.15, 0.2) is 10.3 Å². The summed E-state index contributed by atoms with van der Waals surface area (Å²) in [5.74, 6) is -0.285. The van der Waals surface area contributed by atoms with Crippen molar-refractivity contribution in [2.24, 2.45) is 10.3 Å². The second-order valence-corrected chi connectivity index (χ2v) is 4.41. The molecule has 0 heterocycles. The molecule has 2 N–H and O–H groups in total. The fraction of sp³-hybridized carbons (Fsp3) is 0.714. The van der Waals surface area contributed by atoms with E-state index in [0.717, 1.165) is 25.7 Å². The third kappa shape index (κ3) is 15.0. The van der Waals surface area contributed by atoms with Gasteiger partial charge in [-0.15, -0.1) is 0 Å². The molecule has 127 valence electrons. The Morgan fingerprint density at radius 2 is 1.10 bits per heavy atom. The number of ketones is 2. The van der Waals surface area contributed by atoms with Crippen molar-refractivity contribution in [3.8, 4) is 0 Å². The van der Waals surface area contributed by atoms with Gasteiger partial charge < -0.3 is 10.4 Å². The summed E-state index contributed by atoms with van der Waals surface area (Å²) in [5, 5.41) is 22.4. The van der Waals surface area contributed by atoms with Crippen LogP contribution in [0.1, 0.15) is 66.2 Å². The van der Waals surface area contributed by atoms with Gasteiger partial charge in [-0.2, -0.15) is 0 Å². The number of nitrogens with zero attached hydrogens (tertiary/aromatic N) is 2. The van der Waals surface area contributed by atoms with E-state index in [1.54, 1.807) is 0 Å². The van der Waals surface area contributed by atoms with Gasteiger partial charge in [0, 0.05) is 30.9 Å². The molecule has 0 saturated carbocycles. The number of Topliss-reactive ketones (excluding diaryl/α,β-unsaturated/α-hetero) is 2. The molecule has 0 aliphatic heterocycles. The first kappa shape index (κ1) is 24.8. The number of rotatable bonds is 8. The third-order valence-electron chi connectivity index (χ3n) is 2.59. The second-order valence-electron chi connectivity index (χ2n) is 4.41. The van der Waals surface area contributed by atoms with Crippen LogP contribution in [0.5, 0.6) is 0 Å². The molecule has 0 atom stereocenters. The van der Waals surface area contributed by atoms with Crippen LogP contribution in [0.4, 0.5) is 0 Å². The van der Waals surface area contributed by atoms with Crippen LogP contribution in [0.2, 0.25) is 0 Å². The van der Waals surface area contributed by atoms with Crippen molar-refractivity contribution in [3.63, 3.8) is 0 Å². The summed E-state index contributed by atoms with van der Waals surface area (Å²) in [4.78, 5) is 21.2. The van der Waals surface area contributed by atoms with Crippen LogP contribution in [0.3, 0.4) is 0 Å². The smallest absolute Gasteiger partial charge is 0.177 e. The number of hydrogen-bond donors (Lipinski definition) is 2. The average Bonchev–Trinajstić information content (AvgIpc) is 2.40. The minimum Gasteiger partial charge on any atom is -0.411 e. The van der Waals surface area contributed by atoms with E-state index in [4.69, 9.17) is 10.4 Å². The Bertz CT molecular complexity index is 321. The maximum absolute atomic E-state index is 10.6. The van der Waals surface area contributed by atoms with E-state index in [-0.39, 0.29) is 40.1 Å². The standard InChI is InChI=1S/2C7H13NO2.Cu/c2*1-3-4-5-7(8-10)6(2)9;/h2*10H,3-5H2,1-2H3;/b2*8-7-;. The van der Waals surface area contributed by atoms with Gasteiger partial charge in [-0.3, -0.25) is 9.59 Å². The first-order valence-electron chi connectivity index (χ1n) is 6.88. The maximum Gasteiger partial charge on any atom is 0.177 e. The zero-order valence-corrected chi connectivity index (χ0v) is 14.1. The molecule has 6 nitrogen and oxygen atoms in total. The molecule has 7 heteroatoms. The number of unbranched alkanes of at least 4 members (excludes halogenated alkanes) is 2. The molecular weight excluding hydrogens is 324 g/mol. The maximum atomic E-state index is 10.6. The molecule has 1 radical (unpaired) electrons. The van der Waals surface area contributed by atoms with Crippen LogP contribution in [0, 0.1) is 0 Å². The minimum atomic E-state index is -0.143. The molecule has 0 aromatic rings. The summed E-state index contributed by atoms with van der Waals surface area (Å²) in [7, 11) is 0. The van der Waals surface area contributed by atoms with Gasteiger partial charge in [0.25, 0.3) is 0 Å². The Labute approximate surface area is 137 Å². The molecule has 0 aliphatic carbocycles. The molecule has 0 aromatic carbocycles. The van der Waals surface area contributed by atoms with Gasteiger partial charge in [0.2, 0.25) is 0 Å². The molecule has 0 bridgehead atoms. The predicted molar refractivity (Wildman–Crippen MR) is 78.9 cm³/mol. The van der Waals surface area contributed by atoms with Crippen molar-refractivity contribution < 1.29 is 37.1 Å². The fourth-order valence-corrected chi connectivity index (χ4v) is 1.28. The Balaban J connectivity index is -0.000000295. The van der Waals surface area contributed by atoms with Gasteiger partial charge >= 0.3 is 0 Å². The Hall–Kier alpha value is -1.20. The quantitative estimate of drug-likeness (QED) is 0.304. The first-order valence-corrected chi connectivity index (χ1v) is 6.88. The van der Waals surface area contributed by atoms with Crippen LogP contribution in [-0.4, -0.2) is 33.4 Å². The van der Waals surface area contributed by atoms with Crippen molar-refractivity contribution in [3.05, 3.63) is 0 Å². The minimum absolute atomic E-state index is 0. The van der Waals surface area contributed by atoms with Crippen molar-refractivity contribution >= 4 is 23.0 Å². The normalized spacial score (nSPS) is 11.0. The van der Waals surface area contributed by atoms with Crippen LogP contribution in [0.25, 0.3) is 0 Å². The summed E-state index contributed by atoms with van der Waals surface area (Å²) in [6.07, 6.45) is 4.99. The number of carbonyl (C=O) groups is 2. The first-order chi connectivity index (χ1) is 9.44. The van der Waals surface area contributed by atoms with Gasteiger partial charge in [-0.05, 0) is 25.7 Å². The SMILES string of the molecule is CCCC/C(=N/O)C(C)=O.CCCC/C(=N/O)C(C)=O.[Cu]. The predicted octanol–water partition coefficient (Wildman–Crippen LogP) is 3.19. The van der Waals surface area contributed by atoms with Gasteiger partial charge in [0.15, 0.2) is 11.6 Å². The van der Waals surface area contributed by atoms with E-state index in [9.17, 15) is 9.59 Å². The van der Waals surface area contributed by atoms with Crippen LogP contribution < -0.4 is 0 Å². The molecule has 0 aliphatic rings. The Kier molecular flexibility index (Phi) is 19.9. The average molecular weight is 350 g/mol. The molecule has 21 heavy (non-hydrogen) atoms. The fourth-order valence-electron chi connectivity index (χ4n) is 1.28. The largest absolute Gasteiger partial charge is 0.411 e. The molecule has 0 fully saturated rings. The van der Waals surface area contributed by atoms with Crippen LogP contribution >= 0.6 is 0 Å². The second kappa shape index (κ2) is 16.9. The van der Waals surface area contributed by atoms with Gasteiger partial charge in [-0.25, -0.2) is 0 Å². The van der Waals surface area contributed by atoms with Crippen molar-refractivity contribution in [1.29, 1.82) is 0 Å². The van der Waals surface area contributed by atoms with Gasteiger partial charge in [0.05, 0.1) is 0 Å². The van der Waals surface area contributed by atoms with Gasteiger partial charge in [-0.1, -0.05) is 37.0 Å². The molecule has 0 amide bonds. The number of hydrogen-bond acceptors (Lipinski definition) is 6. The molecule has 0 spiro atoms.